The van der Waals surface area contributed by atoms with Gasteiger partial charge >= 0.3 is 39.3 Å². The van der Waals surface area contributed by atoms with E-state index in [1.165, 1.54) is 62.3 Å². The molecule has 0 atom stereocenters. The van der Waals surface area contributed by atoms with Crippen molar-refractivity contribution < 1.29 is 10.9 Å². The van der Waals surface area contributed by atoms with Gasteiger partial charge in [-0.2, -0.15) is 0 Å². The Morgan fingerprint density at radius 2 is 0.652 bits per heavy atom. The van der Waals surface area contributed by atoms with Crippen molar-refractivity contribution in [3.63, 3.8) is 0 Å². The quantitative estimate of drug-likeness (QED) is 0.356. The normalized spacial score (nSPS) is 8.26. The topological polar surface area (TPSA) is 104 Å². The monoisotopic (exact) mass is 508 g/mol. The summed E-state index contributed by atoms with van der Waals surface area (Å²) >= 11 is 6.00. The van der Waals surface area contributed by atoms with E-state index in [4.69, 9.17) is 22.9 Å². The second-order valence-electron chi connectivity index (χ2n) is 4.61. The zero-order valence-corrected chi connectivity index (χ0v) is 20.0. The number of nitrogens with two attached hydrogens (primary N) is 4. The van der Waals surface area contributed by atoms with Crippen LogP contribution in [0.2, 0.25) is 0 Å². The molecule has 0 unspecified atom stereocenters. The van der Waals surface area contributed by atoms with E-state index < -0.39 is 0 Å². The molecule has 0 aliphatic rings. The van der Waals surface area contributed by atoms with Crippen molar-refractivity contribution in [2.45, 2.75) is 79.1 Å². The van der Waals surface area contributed by atoms with Crippen molar-refractivity contribution >= 4 is 28.5 Å². The molecule has 0 rings (SSSR count). The van der Waals surface area contributed by atoms with Crippen LogP contribution in [-0.4, -0.2) is 26.2 Å². The zero-order valence-electron chi connectivity index (χ0n) is 15.9. The molecule has 0 aliphatic heterocycles. The molecule has 23 heavy (non-hydrogen) atoms. The fourth-order valence-electron chi connectivity index (χ4n) is 0.816. The summed E-state index contributed by atoms with van der Waals surface area (Å²) < 4.78 is 0. The van der Waals surface area contributed by atoms with Crippen LogP contribution in [-0.2, 0) is 10.9 Å². The molecule has 0 amide bonds. The van der Waals surface area contributed by atoms with Gasteiger partial charge in [0, 0.05) is 0 Å². The number of halogens is 2. The third-order valence-electron chi connectivity index (χ3n) is 2.23. The van der Waals surface area contributed by atoms with Crippen molar-refractivity contribution in [2.75, 3.05) is 26.2 Å². The van der Waals surface area contributed by atoms with Crippen LogP contribution in [0.15, 0.2) is 0 Å². The van der Waals surface area contributed by atoms with Crippen LogP contribution in [0.5, 0.6) is 0 Å². The third kappa shape index (κ3) is 122. The van der Waals surface area contributed by atoms with Crippen LogP contribution < -0.4 is 22.9 Å². The predicted molar refractivity (Wildman–Crippen MR) is 114 cm³/mol. The van der Waals surface area contributed by atoms with Crippen LogP contribution in [0, 0.1) is 0 Å². The van der Waals surface area contributed by atoms with Gasteiger partial charge in [-0.3, -0.25) is 0 Å². The van der Waals surface area contributed by atoms with Gasteiger partial charge in [0.15, 0.2) is 0 Å². The summed E-state index contributed by atoms with van der Waals surface area (Å²) in [5.41, 5.74) is 20.6. The van der Waals surface area contributed by atoms with Crippen LogP contribution >= 0.6 is 28.5 Å². The molecule has 7 heteroatoms. The van der Waals surface area contributed by atoms with Gasteiger partial charge in [-0.05, 0) is 51.9 Å². The summed E-state index contributed by atoms with van der Waals surface area (Å²) in [7, 11) is 1.25. The van der Waals surface area contributed by atoms with E-state index in [1.807, 2.05) is 0 Å². The van der Waals surface area contributed by atoms with Crippen LogP contribution in [0.1, 0.15) is 79.1 Å². The molecule has 0 saturated heterocycles. The summed E-state index contributed by atoms with van der Waals surface area (Å²) in [4.78, 5) is 0. The molecule has 0 aromatic rings. The first kappa shape index (κ1) is 35.4. The molecule has 0 aliphatic carbocycles. The standard InChI is InChI=1S/4C4H11N.2BrH.Ni/c4*1-2-3-4-5;;;/h4*2-5H2,1H3;2*1H;/q;;;;;;+2/p-2. The summed E-state index contributed by atoms with van der Waals surface area (Å²) in [5.74, 6) is 0. The Bertz CT molecular complexity index is 94.3. The predicted octanol–water partition coefficient (Wildman–Crippen LogP) is 4.67. The van der Waals surface area contributed by atoms with E-state index in [9.17, 15) is 0 Å². The zero-order chi connectivity index (χ0) is 19.2. The van der Waals surface area contributed by atoms with Crippen molar-refractivity contribution in [1.29, 1.82) is 0 Å². The molecule has 0 fully saturated rings. The van der Waals surface area contributed by atoms with Gasteiger partial charge in [0.1, 0.15) is 0 Å². The SMILES string of the molecule is CCCCN.CCCCN.CCCCN.CCCCN.[Br][Ni][Br]. The molecule has 8 N–H and O–H groups in total. The summed E-state index contributed by atoms with van der Waals surface area (Å²) in [5, 5.41) is 0. The van der Waals surface area contributed by atoms with Crippen LogP contribution in [0.25, 0.3) is 0 Å². The first-order chi connectivity index (χ1) is 11.1. The van der Waals surface area contributed by atoms with E-state index in [0.717, 1.165) is 26.2 Å². The van der Waals surface area contributed by atoms with Gasteiger partial charge in [-0.15, -0.1) is 0 Å². The molecule has 0 heterocycles. The molecule has 4 nitrogen and oxygen atoms in total. The van der Waals surface area contributed by atoms with Gasteiger partial charge in [0.05, 0.1) is 0 Å². The van der Waals surface area contributed by atoms with E-state index in [0.29, 0.717) is 0 Å². The number of rotatable bonds is 8. The van der Waals surface area contributed by atoms with Crippen molar-refractivity contribution in [2.24, 2.45) is 22.9 Å². The van der Waals surface area contributed by atoms with E-state index in [2.05, 4.69) is 56.1 Å². The molecule has 0 aromatic carbocycles. The molecule has 152 valence electrons. The Morgan fingerprint density at radius 1 is 0.522 bits per heavy atom. The molecule has 0 bridgehead atoms. The van der Waals surface area contributed by atoms with E-state index >= 15 is 0 Å². The van der Waals surface area contributed by atoms with Gasteiger partial charge < -0.3 is 22.9 Å². The Hall–Kier alpha value is 1.29. The summed E-state index contributed by atoms with van der Waals surface area (Å²) in [6.07, 6.45) is 9.54. The van der Waals surface area contributed by atoms with Gasteiger partial charge in [-0.1, -0.05) is 53.4 Å². The second kappa shape index (κ2) is 56.7. The number of hydrogen-bond donors (Lipinski definition) is 4. The Labute approximate surface area is 167 Å². The first-order valence-corrected chi connectivity index (χ1v) is 13.6. The maximum absolute atomic E-state index is 5.14. The van der Waals surface area contributed by atoms with E-state index in [1.54, 1.807) is 0 Å². The van der Waals surface area contributed by atoms with Gasteiger partial charge in [0.25, 0.3) is 0 Å². The van der Waals surface area contributed by atoms with Crippen molar-refractivity contribution in [3.8, 4) is 0 Å². The minimum atomic E-state index is 0.844. The molecule has 0 saturated carbocycles. The Kier molecular flexibility index (Phi) is 87.2. The maximum atomic E-state index is 5.14. The molecular weight excluding hydrogens is 467 g/mol. The van der Waals surface area contributed by atoms with E-state index in [-0.39, 0.29) is 0 Å². The second-order valence-corrected chi connectivity index (χ2v) is 9.60. The minimum absolute atomic E-state index is 0.844. The fourth-order valence-corrected chi connectivity index (χ4v) is 0.816. The van der Waals surface area contributed by atoms with Gasteiger partial charge in [0.2, 0.25) is 0 Å². The summed E-state index contributed by atoms with van der Waals surface area (Å²) in [6, 6.07) is 0. The molecule has 0 aromatic heterocycles. The average Bonchev–Trinajstić information content (AvgIpc) is 2.53. The van der Waals surface area contributed by atoms with Crippen molar-refractivity contribution in [3.05, 3.63) is 0 Å². The average molecular weight is 511 g/mol. The van der Waals surface area contributed by atoms with Crippen LogP contribution in [0.4, 0.5) is 0 Å². The molecular formula is C16H44Br2N4Ni. The first-order valence-electron chi connectivity index (χ1n) is 8.70. The Balaban J connectivity index is -0.0000000593. The third-order valence-corrected chi connectivity index (χ3v) is 2.23. The number of unbranched alkanes of at least 4 members (excludes halogenated alkanes) is 4. The van der Waals surface area contributed by atoms with Crippen molar-refractivity contribution in [1.82, 2.24) is 0 Å². The molecule has 0 spiro atoms. The van der Waals surface area contributed by atoms with Crippen LogP contribution in [0.3, 0.4) is 0 Å². The molecule has 0 radical (unpaired) electrons. The fraction of sp³-hybridized carbons (Fsp3) is 1.00. The summed E-state index contributed by atoms with van der Waals surface area (Å²) in [6.45, 7) is 11.9. The van der Waals surface area contributed by atoms with Gasteiger partial charge in [-0.25, -0.2) is 0 Å². The Morgan fingerprint density at radius 3 is 0.652 bits per heavy atom. The number of hydrogen-bond acceptors (Lipinski definition) is 4.